The predicted molar refractivity (Wildman–Crippen MR) is 73.3 cm³/mol. The standard InChI is InChI=1S/C11H16ClN3.C2H3N/c1-14-4-6-15(7-5-14)9-10-2-3-11(12)13-8-10;1-2-3/h2-3,8H,4-7,9H2,1H3;1H3. The maximum absolute atomic E-state index is 7.32. The quantitative estimate of drug-likeness (QED) is 0.768. The van der Waals surface area contributed by atoms with Crippen LogP contribution in [0.15, 0.2) is 18.3 Å². The van der Waals surface area contributed by atoms with Crippen molar-refractivity contribution >= 4 is 11.6 Å². The smallest absolute Gasteiger partial charge is 0.129 e. The van der Waals surface area contributed by atoms with E-state index < -0.39 is 0 Å². The van der Waals surface area contributed by atoms with Crippen molar-refractivity contribution in [3.05, 3.63) is 29.0 Å². The monoisotopic (exact) mass is 266 g/mol. The van der Waals surface area contributed by atoms with Gasteiger partial charge < -0.3 is 4.90 Å². The molecule has 4 nitrogen and oxygen atoms in total. The zero-order chi connectivity index (χ0) is 13.4. The van der Waals surface area contributed by atoms with Crippen LogP contribution in [0, 0.1) is 11.3 Å². The number of hydrogen-bond acceptors (Lipinski definition) is 4. The minimum Gasteiger partial charge on any atom is -0.304 e. The molecule has 1 aliphatic heterocycles. The highest BCUT2D eigenvalue weighted by Crippen LogP contribution is 2.09. The molecule has 1 aromatic heterocycles. The van der Waals surface area contributed by atoms with E-state index in [2.05, 4.69) is 21.8 Å². The molecule has 0 unspecified atom stereocenters. The van der Waals surface area contributed by atoms with Gasteiger partial charge in [0.25, 0.3) is 0 Å². The van der Waals surface area contributed by atoms with Crippen LogP contribution in [0.3, 0.4) is 0 Å². The molecule has 0 bridgehead atoms. The zero-order valence-electron chi connectivity index (χ0n) is 10.9. The van der Waals surface area contributed by atoms with Crippen molar-refractivity contribution in [3.63, 3.8) is 0 Å². The normalized spacial score (nSPS) is 16.6. The van der Waals surface area contributed by atoms with Gasteiger partial charge in [0.05, 0.1) is 6.07 Å². The molecule has 0 atom stereocenters. The Morgan fingerprint density at radius 3 is 2.44 bits per heavy atom. The Balaban J connectivity index is 0.000000492. The lowest BCUT2D eigenvalue weighted by atomic mass is 10.2. The van der Waals surface area contributed by atoms with E-state index in [1.165, 1.54) is 12.5 Å². The Bertz CT molecular complexity index is 377. The number of hydrogen-bond donors (Lipinski definition) is 0. The van der Waals surface area contributed by atoms with Crippen LogP contribution in [-0.2, 0) is 6.54 Å². The van der Waals surface area contributed by atoms with E-state index in [-0.39, 0.29) is 0 Å². The number of aromatic nitrogens is 1. The van der Waals surface area contributed by atoms with Gasteiger partial charge in [0.1, 0.15) is 5.15 Å². The molecule has 0 spiro atoms. The van der Waals surface area contributed by atoms with Gasteiger partial charge >= 0.3 is 0 Å². The van der Waals surface area contributed by atoms with Gasteiger partial charge in [0.2, 0.25) is 0 Å². The van der Waals surface area contributed by atoms with Crippen LogP contribution in [-0.4, -0.2) is 48.0 Å². The van der Waals surface area contributed by atoms with E-state index in [4.69, 9.17) is 16.9 Å². The Labute approximate surface area is 114 Å². The molecule has 18 heavy (non-hydrogen) atoms. The molecule has 1 fully saturated rings. The number of piperazine rings is 1. The third kappa shape index (κ3) is 5.46. The third-order valence-corrected chi connectivity index (χ3v) is 3.01. The van der Waals surface area contributed by atoms with Crippen LogP contribution in [0.2, 0.25) is 5.15 Å². The van der Waals surface area contributed by atoms with E-state index in [9.17, 15) is 0 Å². The number of nitrogens with zero attached hydrogens (tertiary/aromatic N) is 4. The molecule has 0 N–H and O–H groups in total. The van der Waals surface area contributed by atoms with E-state index in [0.717, 1.165) is 32.7 Å². The Morgan fingerprint density at radius 1 is 1.33 bits per heavy atom. The summed E-state index contributed by atoms with van der Waals surface area (Å²) in [5.74, 6) is 0. The number of nitriles is 1. The maximum Gasteiger partial charge on any atom is 0.129 e. The van der Waals surface area contributed by atoms with Crippen molar-refractivity contribution < 1.29 is 0 Å². The van der Waals surface area contributed by atoms with Crippen molar-refractivity contribution in [2.45, 2.75) is 13.5 Å². The molecule has 1 saturated heterocycles. The van der Waals surface area contributed by atoms with Crippen molar-refractivity contribution in [3.8, 4) is 6.07 Å². The lowest BCUT2D eigenvalue weighted by molar-refractivity contribution is 0.148. The average molecular weight is 267 g/mol. The third-order valence-electron chi connectivity index (χ3n) is 2.79. The number of pyridine rings is 1. The second-order valence-electron chi connectivity index (χ2n) is 4.29. The van der Waals surface area contributed by atoms with Gasteiger partial charge in [-0.3, -0.25) is 4.90 Å². The van der Waals surface area contributed by atoms with Gasteiger partial charge in [-0.05, 0) is 18.7 Å². The molecular formula is C13H19ClN4. The zero-order valence-corrected chi connectivity index (χ0v) is 11.7. The fourth-order valence-electron chi connectivity index (χ4n) is 1.76. The van der Waals surface area contributed by atoms with Crippen molar-refractivity contribution in [2.75, 3.05) is 33.2 Å². The van der Waals surface area contributed by atoms with Crippen LogP contribution in [0.4, 0.5) is 0 Å². The summed E-state index contributed by atoms with van der Waals surface area (Å²) in [6.45, 7) is 7.00. The molecule has 2 rings (SSSR count). The van der Waals surface area contributed by atoms with Crippen LogP contribution in [0.5, 0.6) is 0 Å². The Kier molecular flexibility index (Phi) is 6.66. The second kappa shape index (κ2) is 8.04. The maximum atomic E-state index is 7.32. The summed E-state index contributed by atoms with van der Waals surface area (Å²) in [5, 5.41) is 7.89. The summed E-state index contributed by atoms with van der Waals surface area (Å²) >= 11 is 5.74. The van der Waals surface area contributed by atoms with Gasteiger partial charge in [-0.25, -0.2) is 4.98 Å². The molecule has 0 aromatic carbocycles. The van der Waals surface area contributed by atoms with Crippen LogP contribution in [0.25, 0.3) is 0 Å². The topological polar surface area (TPSA) is 43.2 Å². The molecule has 0 aliphatic carbocycles. The fraction of sp³-hybridized carbons (Fsp3) is 0.538. The van der Waals surface area contributed by atoms with Gasteiger partial charge in [0.15, 0.2) is 0 Å². The van der Waals surface area contributed by atoms with Gasteiger partial charge in [-0.2, -0.15) is 5.26 Å². The first-order valence-corrected chi connectivity index (χ1v) is 6.35. The van der Waals surface area contributed by atoms with Gasteiger partial charge in [-0.1, -0.05) is 17.7 Å². The first kappa shape index (κ1) is 14.9. The predicted octanol–water partition coefficient (Wildman–Crippen LogP) is 2.01. The number of likely N-dealkylation sites (N-methyl/N-ethyl adjacent to an activating group) is 1. The molecular weight excluding hydrogens is 248 g/mol. The van der Waals surface area contributed by atoms with Crippen LogP contribution in [0.1, 0.15) is 12.5 Å². The minimum atomic E-state index is 0.567. The summed E-state index contributed by atoms with van der Waals surface area (Å²) in [6, 6.07) is 5.65. The Morgan fingerprint density at radius 2 is 1.94 bits per heavy atom. The van der Waals surface area contributed by atoms with Crippen molar-refractivity contribution in [1.82, 2.24) is 14.8 Å². The highest BCUT2D eigenvalue weighted by molar-refractivity contribution is 6.29. The first-order valence-electron chi connectivity index (χ1n) is 5.98. The van der Waals surface area contributed by atoms with E-state index >= 15 is 0 Å². The molecule has 5 heteroatoms. The summed E-state index contributed by atoms with van der Waals surface area (Å²) < 4.78 is 0. The van der Waals surface area contributed by atoms with E-state index in [1.54, 1.807) is 6.07 Å². The van der Waals surface area contributed by atoms with Crippen LogP contribution >= 0.6 is 11.6 Å². The number of halogens is 1. The van der Waals surface area contributed by atoms with Gasteiger partial charge in [0, 0.05) is 45.8 Å². The lowest BCUT2D eigenvalue weighted by Gasteiger charge is -2.32. The SMILES string of the molecule is CC#N.CN1CCN(Cc2ccc(Cl)nc2)CC1. The highest BCUT2D eigenvalue weighted by atomic mass is 35.5. The summed E-state index contributed by atoms with van der Waals surface area (Å²) in [5.41, 5.74) is 1.24. The fourth-order valence-corrected chi connectivity index (χ4v) is 1.88. The van der Waals surface area contributed by atoms with E-state index in [0.29, 0.717) is 5.15 Å². The molecule has 98 valence electrons. The first-order chi connectivity index (χ1) is 8.65. The molecule has 0 saturated carbocycles. The second-order valence-corrected chi connectivity index (χ2v) is 4.68. The van der Waals surface area contributed by atoms with Crippen LogP contribution < -0.4 is 0 Å². The molecule has 1 aliphatic rings. The van der Waals surface area contributed by atoms with E-state index in [1.807, 2.05) is 18.3 Å². The lowest BCUT2D eigenvalue weighted by Crippen LogP contribution is -2.43. The average Bonchev–Trinajstić information content (AvgIpc) is 2.36. The summed E-state index contributed by atoms with van der Waals surface area (Å²) in [4.78, 5) is 8.89. The van der Waals surface area contributed by atoms with Crippen molar-refractivity contribution in [2.24, 2.45) is 0 Å². The van der Waals surface area contributed by atoms with Gasteiger partial charge in [-0.15, -0.1) is 0 Å². The highest BCUT2D eigenvalue weighted by Gasteiger charge is 2.13. The largest absolute Gasteiger partial charge is 0.304 e. The molecule has 0 amide bonds. The minimum absolute atomic E-state index is 0.567. The summed E-state index contributed by atoms with van der Waals surface area (Å²) in [6.07, 6.45) is 1.86. The Hall–Kier alpha value is -1.15. The molecule has 0 radical (unpaired) electrons. The number of rotatable bonds is 2. The van der Waals surface area contributed by atoms with Crippen molar-refractivity contribution in [1.29, 1.82) is 5.26 Å². The molecule has 1 aromatic rings. The summed E-state index contributed by atoms with van der Waals surface area (Å²) in [7, 11) is 2.17. The molecule has 2 heterocycles.